The van der Waals surface area contributed by atoms with Gasteiger partial charge in [-0.3, -0.25) is 4.79 Å². The molecule has 2 N–H and O–H groups in total. The van der Waals surface area contributed by atoms with Crippen molar-refractivity contribution in [2.75, 3.05) is 45.2 Å². The number of para-hydroxylation sites is 2. The third kappa shape index (κ3) is 5.59. The molecule has 1 aromatic rings. The number of amides is 1. The van der Waals surface area contributed by atoms with Gasteiger partial charge < -0.3 is 20.3 Å². The summed E-state index contributed by atoms with van der Waals surface area (Å²) in [5, 5.41) is 5.66. The molecule has 0 saturated heterocycles. The van der Waals surface area contributed by atoms with Crippen molar-refractivity contribution in [1.29, 1.82) is 0 Å². The largest absolute Gasteiger partial charge is 0.490 e. The number of carbonyl (C=O) groups excluding carboxylic acids is 1. The highest BCUT2D eigenvalue weighted by Crippen LogP contribution is 2.23. The third-order valence-electron chi connectivity index (χ3n) is 3.06. The second-order valence-electron chi connectivity index (χ2n) is 4.45. The Kier molecular flexibility index (Phi) is 7.69. The molecular formula is C15H25N3O2. The average Bonchev–Trinajstić information content (AvgIpc) is 2.45. The van der Waals surface area contributed by atoms with E-state index in [1.807, 2.05) is 24.3 Å². The molecule has 5 nitrogen and oxygen atoms in total. The summed E-state index contributed by atoms with van der Waals surface area (Å²) >= 11 is 0. The molecule has 0 saturated carbocycles. The predicted molar refractivity (Wildman–Crippen MR) is 82.3 cm³/mol. The number of hydrogen-bond donors (Lipinski definition) is 2. The Hall–Kier alpha value is -1.59. The smallest absolute Gasteiger partial charge is 0.238 e. The lowest BCUT2D eigenvalue weighted by Crippen LogP contribution is -2.28. The zero-order valence-electron chi connectivity index (χ0n) is 12.6. The van der Waals surface area contributed by atoms with Gasteiger partial charge in [0.2, 0.25) is 5.91 Å². The first-order chi connectivity index (χ1) is 9.71. The van der Waals surface area contributed by atoms with Crippen molar-refractivity contribution in [3.8, 4) is 5.75 Å². The molecule has 0 fully saturated rings. The maximum Gasteiger partial charge on any atom is 0.238 e. The summed E-state index contributed by atoms with van der Waals surface area (Å²) in [5.41, 5.74) is 0.715. The molecule has 0 aliphatic heterocycles. The van der Waals surface area contributed by atoms with Gasteiger partial charge in [0.05, 0.1) is 12.2 Å². The van der Waals surface area contributed by atoms with Gasteiger partial charge in [-0.2, -0.15) is 0 Å². The van der Waals surface area contributed by atoms with Gasteiger partial charge in [-0.1, -0.05) is 26.0 Å². The van der Waals surface area contributed by atoms with Gasteiger partial charge in [0.25, 0.3) is 0 Å². The number of nitrogens with zero attached hydrogens (tertiary/aromatic N) is 1. The van der Waals surface area contributed by atoms with E-state index in [-0.39, 0.29) is 12.5 Å². The Bertz CT molecular complexity index is 406. The van der Waals surface area contributed by atoms with Gasteiger partial charge in [0.1, 0.15) is 12.4 Å². The first-order valence-electron chi connectivity index (χ1n) is 7.09. The monoisotopic (exact) mass is 279 g/mol. The molecule has 0 radical (unpaired) electrons. The van der Waals surface area contributed by atoms with E-state index in [0.717, 1.165) is 19.6 Å². The van der Waals surface area contributed by atoms with E-state index in [1.54, 1.807) is 7.05 Å². The minimum absolute atomic E-state index is 0.0766. The summed E-state index contributed by atoms with van der Waals surface area (Å²) in [6, 6.07) is 7.50. The molecule has 0 unspecified atom stereocenters. The van der Waals surface area contributed by atoms with Crippen LogP contribution in [0.4, 0.5) is 5.69 Å². The van der Waals surface area contributed by atoms with Crippen molar-refractivity contribution in [2.24, 2.45) is 0 Å². The minimum Gasteiger partial charge on any atom is -0.490 e. The summed E-state index contributed by atoms with van der Waals surface area (Å²) in [4.78, 5) is 13.9. The summed E-state index contributed by atoms with van der Waals surface area (Å²) in [7, 11) is 1.74. The van der Waals surface area contributed by atoms with Gasteiger partial charge >= 0.3 is 0 Å². The molecule has 0 aliphatic carbocycles. The molecule has 0 aromatic heterocycles. The van der Waals surface area contributed by atoms with Crippen LogP contribution < -0.4 is 15.4 Å². The number of hydrogen-bond acceptors (Lipinski definition) is 4. The number of ether oxygens (including phenoxy) is 1. The number of nitrogens with one attached hydrogen (secondary N) is 2. The lowest BCUT2D eigenvalue weighted by Gasteiger charge is -2.19. The number of anilines is 1. The Morgan fingerprint density at radius 3 is 2.60 bits per heavy atom. The molecule has 1 rings (SSSR count). The van der Waals surface area contributed by atoms with Crippen LogP contribution >= 0.6 is 0 Å². The fourth-order valence-electron chi connectivity index (χ4n) is 1.88. The first-order valence-corrected chi connectivity index (χ1v) is 7.09. The first kappa shape index (κ1) is 16.5. The molecule has 0 spiro atoms. The Labute approximate surface area is 121 Å². The normalized spacial score (nSPS) is 10.6. The highest BCUT2D eigenvalue weighted by molar-refractivity contribution is 5.93. The van der Waals surface area contributed by atoms with Crippen LogP contribution in [0, 0.1) is 0 Å². The van der Waals surface area contributed by atoms with Crippen molar-refractivity contribution < 1.29 is 9.53 Å². The maximum absolute atomic E-state index is 11.6. The number of rotatable bonds is 9. The summed E-state index contributed by atoms with van der Waals surface area (Å²) in [5.74, 6) is 0.636. The van der Waals surface area contributed by atoms with Crippen LogP contribution in [0.15, 0.2) is 24.3 Å². The Balaban J connectivity index is 2.54. The standard InChI is InChI=1S/C15H25N3O2/c1-4-18(5-2)10-11-20-14-9-7-6-8-13(14)17-15(19)12-16-3/h6-9,16H,4-5,10-12H2,1-3H3,(H,17,19). The third-order valence-corrected chi connectivity index (χ3v) is 3.06. The zero-order valence-corrected chi connectivity index (χ0v) is 12.6. The molecular weight excluding hydrogens is 254 g/mol. The molecule has 0 atom stereocenters. The van der Waals surface area contributed by atoms with E-state index in [4.69, 9.17) is 4.74 Å². The van der Waals surface area contributed by atoms with Crippen LogP contribution in [0.1, 0.15) is 13.8 Å². The quantitative estimate of drug-likeness (QED) is 0.720. The molecule has 1 amide bonds. The van der Waals surface area contributed by atoms with E-state index in [1.165, 1.54) is 0 Å². The summed E-state index contributed by atoms with van der Waals surface area (Å²) < 4.78 is 5.77. The molecule has 0 aliphatic rings. The lowest BCUT2D eigenvalue weighted by atomic mass is 10.3. The van der Waals surface area contributed by atoms with Gasteiger partial charge in [-0.15, -0.1) is 0 Å². The van der Waals surface area contributed by atoms with Crippen molar-refractivity contribution >= 4 is 11.6 Å². The van der Waals surface area contributed by atoms with Crippen molar-refractivity contribution in [1.82, 2.24) is 10.2 Å². The van der Waals surface area contributed by atoms with Crippen LogP contribution in [0.2, 0.25) is 0 Å². The topological polar surface area (TPSA) is 53.6 Å². The van der Waals surface area contributed by atoms with Gasteiger partial charge in [-0.05, 0) is 32.3 Å². The second kappa shape index (κ2) is 9.34. The Morgan fingerprint density at radius 2 is 1.95 bits per heavy atom. The molecule has 112 valence electrons. The van der Waals surface area contributed by atoms with E-state index in [9.17, 15) is 4.79 Å². The maximum atomic E-state index is 11.6. The van der Waals surface area contributed by atoms with Crippen molar-refractivity contribution in [3.05, 3.63) is 24.3 Å². The summed E-state index contributed by atoms with van der Waals surface area (Å²) in [6.07, 6.45) is 0. The Morgan fingerprint density at radius 1 is 1.25 bits per heavy atom. The number of benzene rings is 1. The predicted octanol–water partition coefficient (Wildman–Crippen LogP) is 1.57. The van der Waals surface area contributed by atoms with E-state index >= 15 is 0 Å². The van der Waals surface area contributed by atoms with Gasteiger partial charge in [0.15, 0.2) is 0 Å². The van der Waals surface area contributed by atoms with Crippen LogP contribution in [0.25, 0.3) is 0 Å². The fraction of sp³-hybridized carbons (Fsp3) is 0.533. The van der Waals surface area contributed by atoms with Crippen LogP contribution in [-0.2, 0) is 4.79 Å². The van der Waals surface area contributed by atoms with Crippen LogP contribution in [0.5, 0.6) is 5.75 Å². The number of carbonyl (C=O) groups is 1. The highest BCUT2D eigenvalue weighted by atomic mass is 16.5. The lowest BCUT2D eigenvalue weighted by molar-refractivity contribution is -0.115. The van der Waals surface area contributed by atoms with Crippen LogP contribution in [-0.4, -0.2) is 50.6 Å². The molecule has 1 aromatic carbocycles. The van der Waals surface area contributed by atoms with Crippen LogP contribution in [0.3, 0.4) is 0 Å². The SMILES string of the molecule is CCN(CC)CCOc1ccccc1NC(=O)CNC. The highest BCUT2D eigenvalue weighted by Gasteiger charge is 2.07. The van der Waals surface area contributed by atoms with Gasteiger partial charge in [-0.25, -0.2) is 0 Å². The summed E-state index contributed by atoms with van der Waals surface area (Å²) in [6.45, 7) is 8.08. The zero-order chi connectivity index (χ0) is 14.8. The van der Waals surface area contributed by atoms with E-state index in [2.05, 4.69) is 29.4 Å². The fourth-order valence-corrected chi connectivity index (χ4v) is 1.88. The number of likely N-dealkylation sites (N-methyl/N-ethyl adjacent to an activating group) is 2. The molecule has 20 heavy (non-hydrogen) atoms. The molecule has 0 bridgehead atoms. The van der Waals surface area contributed by atoms with Gasteiger partial charge in [0, 0.05) is 6.54 Å². The second-order valence-corrected chi connectivity index (χ2v) is 4.45. The molecule has 0 heterocycles. The van der Waals surface area contributed by atoms with E-state index in [0.29, 0.717) is 18.0 Å². The molecule has 5 heteroatoms. The van der Waals surface area contributed by atoms with E-state index < -0.39 is 0 Å². The minimum atomic E-state index is -0.0766. The average molecular weight is 279 g/mol. The van der Waals surface area contributed by atoms with Crippen molar-refractivity contribution in [2.45, 2.75) is 13.8 Å². The van der Waals surface area contributed by atoms with Crippen molar-refractivity contribution in [3.63, 3.8) is 0 Å².